The highest BCUT2D eigenvalue weighted by atomic mass is 16.5. The van der Waals surface area contributed by atoms with Crippen molar-refractivity contribution >= 4 is 0 Å². The molecule has 4 atom stereocenters. The number of ether oxygens (including phenoxy) is 3. The Kier molecular flexibility index (Phi) is 11.5. The predicted octanol–water partition coefficient (Wildman–Crippen LogP) is 9.70. The summed E-state index contributed by atoms with van der Waals surface area (Å²) in [6.45, 7) is 10.7. The van der Waals surface area contributed by atoms with Crippen LogP contribution in [-0.4, -0.2) is 31.5 Å². The molecule has 5 aromatic rings. The van der Waals surface area contributed by atoms with E-state index < -0.39 is 6.10 Å². The van der Waals surface area contributed by atoms with Crippen LogP contribution in [0.4, 0.5) is 0 Å². The van der Waals surface area contributed by atoms with Crippen molar-refractivity contribution in [3.63, 3.8) is 0 Å². The van der Waals surface area contributed by atoms with E-state index in [0.717, 1.165) is 28.9 Å². The van der Waals surface area contributed by atoms with E-state index in [0.29, 0.717) is 11.5 Å². The first-order valence-electron chi connectivity index (χ1n) is 16.4. The second kappa shape index (κ2) is 16.2. The van der Waals surface area contributed by atoms with E-state index in [2.05, 4.69) is 118 Å². The smallest absolute Gasteiger partial charge is 0.161 e. The van der Waals surface area contributed by atoms with Crippen molar-refractivity contribution in [2.24, 2.45) is 0 Å². The van der Waals surface area contributed by atoms with Gasteiger partial charge in [0.1, 0.15) is 25.1 Å². The molecular weight excluding hydrogens is 580 g/mol. The highest BCUT2D eigenvalue weighted by molar-refractivity contribution is 5.54. The summed E-state index contributed by atoms with van der Waals surface area (Å²) in [5, 5.41) is 11.2. The third-order valence-electron chi connectivity index (χ3n) is 8.96. The first-order valence-corrected chi connectivity index (χ1v) is 16.4. The van der Waals surface area contributed by atoms with Crippen molar-refractivity contribution in [2.45, 2.75) is 51.0 Å². The van der Waals surface area contributed by atoms with E-state index >= 15 is 0 Å². The average Bonchev–Trinajstić information content (AvgIpc) is 3.13. The SMILES string of the molecule is C=CCc1ccc(OCC(O)COc2c(C(C)c3ccccc3)cc(C(C)c3ccccc3)cc2C(C)c2ccccc2)c(OC)c1. The third kappa shape index (κ3) is 8.33. The van der Waals surface area contributed by atoms with E-state index in [1.165, 1.54) is 22.3 Å². The maximum atomic E-state index is 11.2. The van der Waals surface area contributed by atoms with Gasteiger partial charge in [-0.2, -0.15) is 0 Å². The molecule has 4 heteroatoms. The summed E-state index contributed by atoms with van der Waals surface area (Å²) in [5.74, 6) is 2.31. The van der Waals surface area contributed by atoms with Gasteiger partial charge in [0.2, 0.25) is 0 Å². The third-order valence-corrected chi connectivity index (χ3v) is 8.96. The number of aliphatic hydroxyl groups is 1. The van der Waals surface area contributed by atoms with Crippen LogP contribution in [0.25, 0.3) is 0 Å². The molecule has 0 amide bonds. The van der Waals surface area contributed by atoms with Gasteiger partial charge in [-0.05, 0) is 46.4 Å². The van der Waals surface area contributed by atoms with Gasteiger partial charge in [0.05, 0.1) is 7.11 Å². The molecule has 242 valence electrons. The van der Waals surface area contributed by atoms with Gasteiger partial charge in [-0.3, -0.25) is 0 Å². The molecule has 0 fully saturated rings. The van der Waals surface area contributed by atoms with E-state index in [4.69, 9.17) is 14.2 Å². The second-order valence-electron chi connectivity index (χ2n) is 12.2. The lowest BCUT2D eigenvalue weighted by atomic mass is 9.81. The number of allylic oxidation sites excluding steroid dienone is 1. The molecule has 0 bridgehead atoms. The number of rotatable bonds is 15. The number of benzene rings is 5. The fourth-order valence-electron chi connectivity index (χ4n) is 6.07. The van der Waals surface area contributed by atoms with Gasteiger partial charge >= 0.3 is 0 Å². The molecule has 0 spiro atoms. The molecule has 0 aliphatic heterocycles. The highest BCUT2D eigenvalue weighted by Gasteiger charge is 2.25. The van der Waals surface area contributed by atoms with Crippen molar-refractivity contribution in [2.75, 3.05) is 20.3 Å². The van der Waals surface area contributed by atoms with Crippen molar-refractivity contribution in [1.82, 2.24) is 0 Å². The standard InChI is InChI=1S/C43H46O4/c1-6-16-33-23-24-41(42(25-33)45-5)46-28-38(44)29-47-43-39(31(3)35-19-12-8-13-20-35)26-37(30(2)34-17-10-7-11-18-34)27-40(43)32(4)36-21-14-9-15-22-36/h6-15,17-27,30-32,38,44H,1,16,28-29H2,2-5H3. The molecule has 1 N–H and O–H groups in total. The number of hydrogen-bond donors (Lipinski definition) is 1. The summed E-state index contributed by atoms with van der Waals surface area (Å²) < 4.78 is 18.3. The first kappa shape index (κ1) is 33.6. The normalized spacial score (nSPS) is 13.6. The molecule has 4 unspecified atom stereocenters. The maximum absolute atomic E-state index is 11.2. The Balaban J connectivity index is 1.50. The van der Waals surface area contributed by atoms with Crippen LogP contribution in [0.2, 0.25) is 0 Å². The molecule has 0 saturated heterocycles. The van der Waals surface area contributed by atoms with Gasteiger partial charge in [-0.1, -0.05) is 136 Å². The van der Waals surface area contributed by atoms with Crippen molar-refractivity contribution in [3.8, 4) is 17.2 Å². The quantitative estimate of drug-likeness (QED) is 0.118. The van der Waals surface area contributed by atoms with Gasteiger partial charge < -0.3 is 19.3 Å². The highest BCUT2D eigenvalue weighted by Crippen LogP contribution is 2.43. The van der Waals surface area contributed by atoms with Crippen LogP contribution in [0.3, 0.4) is 0 Å². The Morgan fingerprint density at radius 2 is 1.09 bits per heavy atom. The summed E-state index contributed by atoms with van der Waals surface area (Å²) >= 11 is 0. The molecule has 47 heavy (non-hydrogen) atoms. The molecule has 0 saturated carbocycles. The minimum atomic E-state index is -0.866. The monoisotopic (exact) mass is 626 g/mol. The van der Waals surface area contributed by atoms with Crippen LogP contribution in [0.15, 0.2) is 134 Å². The molecule has 0 aliphatic rings. The summed E-state index contributed by atoms with van der Waals surface area (Å²) in [6.07, 6.45) is 1.73. The van der Waals surface area contributed by atoms with E-state index in [-0.39, 0.29) is 31.0 Å². The Morgan fingerprint density at radius 3 is 1.57 bits per heavy atom. The lowest BCUT2D eigenvalue weighted by molar-refractivity contribution is 0.0609. The average molecular weight is 627 g/mol. The van der Waals surface area contributed by atoms with E-state index in [1.807, 2.05) is 36.4 Å². The zero-order chi connectivity index (χ0) is 33.2. The Morgan fingerprint density at radius 1 is 0.596 bits per heavy atom. The molecular formula is C43H46O4. The lowest BCUT2D eigenvalue weighted by Gasteiger charge is -2.27. The zero-order valence-corrected chi connectivity index (χ0v) is 27.9. The van der Waals surface area contributed by atoms with Gasteiger partial charge in [-0.25, -0.2) is 0 Å². The van der Waals surface area contributed by atoms with E-state index in [9.17, 15) is 5.11 Å². The topological polar surface area (TPSA) is 47.9 Å². The Labute approximate surface area is 280 Å². The molecule has 0 aromatic heterocycles. The number of hydrogen-bond acceptors (Lipinski definition) is 4. The lowest BCUT2D eigenvalue weighted by Crippen LogP contribution is -2.26. The summed E-state index contributed by atoms with van der Waals surface area (Å²) in [5.41, 5.74) is 8.18. The van der Waals surface area contributed by atoms with Gasteiger partial charge in [-0.15, -0.1) is 6.58 Å². The fourth-order valence-corrected chi connectivity index (χ4v) is 6.07. The first-order chi connectivity index (χ1) is 22.9. The summed E-state index contributed by atoms with van der Waals surface area (Å²) in [4.78, 5) is 0. The van der Waals surface area contributed by atoms with Gasteiger partial charge in [0.25, 0.3) is 0 Å². The van der Waals surface area contributed by atoms with Crippen LogP contribution in [0, 0.1) is 0 Å². The Bertz CT molecular complexity index is 1650. The number of methoxy groups -OCH3 is 1. The summed E-state index contributed by atoms with van der Waals surface area (Å²) in [7, 11) is 1.62. The molecule has 5 aromatic carbocycles. The molecule has 0 radical (unpaired) electrons. The molecule has 0 heterocycles. The minimum absolute atomic E-state index is 0.0579. The maximum Gasteiger partial charge on any atom is 0.161 e. The number of aliphatic hydroxyl groups excluding tert-OH is 1. The largest absolute Gasteiger partial charge is 0.493 e. The van der Waals surface area contributed by atoms with Crippen LogP contribution in [0.1, 0.15) is 77.5 Å². The Hall–Kier alpha value is -4.80. The van der Waals surface area contributed by atoms with Crippen molar-refractivity contribution in [3.05, 3.63) is 173 Å². The molecule has 0 aliphatic carbocycles. The van der Waals surface area contributed by atoms with Gasteiger partial charge in [0.15, 0.2) is 11.5 Å². The molecule has 4 nitrogen and oxygen atoms in total. The van der Waals surface area contributed by atoms with Crippen LogP contribution in [-0.2, 0) is 6.42 Å². The second-order valence-corrected chi connectivity index (χ2v) is 12.2. The van der Waals surface area contributed by atoms with Crippen LogP contribution < -0.4 is 14.2 Å². The minimum Gasteiger partial charge on any atom is -0.493 e. The van der Waals surface area contributed by atoms with Crippen LogP contribution in [0.5, 0.6) is 17.2 Å². The van der Waals surface area contributed by atoms with Gasteiger partial charge in [0, 0.05) is 28.9 Å². The van der Waals surface area contributed by atoms with Crippen molar-refractivity contribution in [1.29, 1.82) is 0 Å². The summed E-state index contributed by atoms with van der Waals surface area (Å²) in [6, 6.07) is 42.1. The van der Waals surface area contributed by atoms with Crippen LogP contribution >= 0.6 is 0 Å². The zero-order valence-electron chi connectivity index (χ0n) is 27.9. The predicted molar refractivity (Wildman–Crippen MR) is 192 cm³/mol. The van der Waals surface area contributed by atoms with Crippen molar-refractivity contribution < 1.29 is 19.3 Å². The molecule has 5 rings (SSSR count). The fraction of sp³-hybridized carbons (Fsp3) is 0.256. The van der Waals surface area contributed by atoms with E-state index in [1.54, 1.807) is 7.11 Å².